The summed E-state index contributed by atoms with van der Waals surface area (Å²) >= 11 is 1.52. The summed E-state index contributed by atoms with van der Waals surface area (Å²) < 4.78 is 47.9. The van der Waals surface area contributed by atoms with Crippen LogP contribution in [-0.4, -0.2) is 48.9 Å². The van der Waals surface area contributed by atoms with Crippen molar-refractivity contribution in [2.24, 2.45) is 0 Å². The molecule has 0 fully saturated rings. The Morgan fingerprint density at radius 3 is 2.55 bits per heavy atom. The number of hydrogen-bond acceptors (Lipinski definition) is 5. The number of methoxy groups -OCH3 is 1. The van der Waals surface area contributed by atoms with Gasteiger partial charge in [-0.2, -0.15) is 4.31 Å². The van der Waals surface area contributed by atoms with Crippen molar-refractivity contribution in [2.45, 2.75) is 11.3 Å². The third-order valence-corrected chi connectivity index (χ3v) is 7.77. The first-order chi connectivity index (χ1) is 15.0. The maximum atomic E-state index is 13.2. The first-order valence-corrected chi connectivity index (χ1v) is 12.1. The largest absolute Gasteiger partial charge is 0.383 e. The van der Waals surface area contributed by atoms with Gasteiger partial charge < -0.3 is 4.74 Å². The molecule has 0 saturated heterocycles. The SMILES string of the molecule is COCCN(CCc1csc2nc(-c3ccccc3)cn12)S(=O)(=O)c1ccc(F)cc1. The summed E-state index contributed by atoms with van der Waals surface area (Å²) in [4.78, 5) is 5.60. The maximum absolute atomic E-state index is 13.2. The van der Waals surface area contributed by atoms with Gasteiger partial charge in [-0.05, 0) is 24.3 Å². The standard InChI is InChI=1S/C22H22FN3O3S2/c1-29-14-13-25(31(27,28)20-9-7-18(23)8-10-20)12-11-19-16-30-22-24-21(15-26(19)22)17-5-3-2-4-6-17/h2-10,15-16H,11-14H2,1H3. The lowest BCUT2D eigenvalue weighted by Crippen LogP contribution is -2.35. The monoisotopic (exact) mass is 459 g/mol. The van der Waals surface area contributed by atoms with E-state index in [0.717, 1.165) is 34.0 Å². The lowest BCUT2D eigenvalue weighted by atomic mass is 10.2. The first-order valence-electron chi connectivity index (χ1n) is 9.74. The van der Waals surface area contributed by atoms with Crippen LogP contribution in [0.4, 0.5) is 4.39 Å². The molecule has 9 heteroatoms. The lowest BCUT2D eigenvalue weighted by molar-refractivity contribution is 0.179. The summed E-state index contributed by atoms with van der Waals surface area (Å²) in [6.07, 6.45) is 2.49. The van der Waals surface area contributed by atoms with Crippen LogP contribution in [0.2, 0.25) is 0 Å². The van der Waals surface area contributed by atoms with E-state index < -0.39 is 15.8 Å². The van der Waals surface area contributed by atoms with Crippen LogP contribution in [0.25, 0.3) is 16.2 Å². The van der Waals surface area contributed by atoms with Crippen molar-refractivity contribution in [2.75, 3.05) is 26.8 Å². The number of hydrogen-bond donors (Lipinski definition) is 0. The number of imidazole rings is 1. The molecule has 0 aliphatic carbocycles. The topological polar surface area (TPSA) is 63.9 Å². The molecule has 0 aliphatic rings. The van der Waals surface area contributed by atoms with Gasteiger partial charge in [0.15, 0.2) is 4.96 Å². The third-order valence-electron chi connectivity index (χ3n) is 4.97. The summed E-state index contributed by atoms with van der Waals surface area (Å²) in [5.41, 5.74) is 2.89. The molecule has 2 heterocycles. The molecule has 0 N–H and O–H groups in total. The van der Waals surface area contributed by atoms with Crippen molar-refractivity contribution < 1.29 is 17.5 Å². The summed E-state index contributed by atoms with van der Waals surface area (Å²) in [5.74, 6) is -0.475. The first kappa shape index (κ1) is 21.6. The number of ether oxygens (including phenoxy) is 1. The minimum atomic E-state index is -3.77. The highest BCUT2D eigenvalue weighted by molar-refractivity contribution is 7.89. The highest BCUT2D eigenvalue weighted by Gasteiger charge is 2.24. The van der Waals surface area contributed by atoms with Gasteiger partial charge >= 0.3 is 0 Å². The Bertz CT molecular complexity index is 1250. The Kier molecular flexibility index (Phi) is 6.47. The molecule has 0 saturated carbocycles. The molecule has 4 rings (SSSR count). The second kappa shape index (κ2) is 9.27. The van der Waals surface area contributed by atoms with E-state index in [-0.39, 0.29) is 24.6 Å². The van der Waals surface area contributed by atoms with Crippen LogP contribution in [0, 0.1) is 5.82 Å². The van der Waals surface area contributed by atoms with Gasteiger partial charge in [-0.1, -0.05) is 30.3 Å². The Labute approximate surface area is 184 Å². The summed E-state index contributed by atoms with van der Waals surface area (Å²) in [6.45, 7) is 0.749. The molecule has 0 unspecified atom stereocenters. The van der Waals surface area contributed by atoms with Crippen LogP contribution in [0.1, 0.15) is 5.69 Å². The maximum Gasteiger partial charge on any atom is 0.243 e. The van der Waals surface area contributed by atoms with Gasteiger partial charge in [-0.25, -0.2) is 17.8 Å². The van der Waals surface area contributed by atoms with Gasteiger partial charge in [-0.3, -0.25) is 4.40 Å². The molecule has 0 radical (unpaired) electrons. The van der Waals surface area contributed by atoms with Gasteiger partial charge in [0.05, 0.1) is 17.2 Å². The predicted molar refractivity (Wildman–Crippen MR) is 119 cm³/mol. The van der Waals surface area contributed by atoms with E-state index in [4.69, 9.17) is 4.74 Å². The van der Waals surface area contributed by atoms with E-state index in [0.29, 0.717) is 6.42 Å². The fourth-order valence-electron chi connectivity index (χ4n) is 3.30. The Balaban J connectivity index is 1.56. The zero-order valence-corrected chi connectivity index (χ0v) is 18.6. The van der Waals surface area contributed by atoms with E-state index in [1.807, 2.05) is 46.3 Å². The molecule has 0 amide bonds. The molecule has 0 bridgehead atoms. The summed E-state index contributed by atoms with van der Waals surface area (Å²) in [5, 5.41) is 2.00. The minimum absolute atomic E-state index is 0.0643. The number of nitrogens with zero attached hydrogens (tertiary/aromatic N) is 3. The Hall–Kier alpha value is -2.59. The van der Waals surface area contributed by atoms with E-state index >= 15 is 0 Å². The number of aromatic nitrogens is 2. The van der Waals surface area contributed by atoms with Crippen LogP contribution in [0.3, 0.4) is 0 Å². The quantitative estimate of drug-likeness (QED) is 0.378. The van der Waals surface area contributed by atoms with Gasteiger partial charge in [0.25, 0.3) is 0 Å². The molecular formula is C22H22FN3O3S2. The minimum Gasteiger partial charge on any atom is -0.383 e. The number of fused-ring (bicyclic) bond motifs is 1. The van der Waals surface area contributed by atoms with Crippen LogP contribution in [0.5, 0.6) is 0 Å². The number of rotatable bonds is 9. The highest BCUT2D eigenvalue weighted by Crippen LogP contribution is 2.24. The third kappa shape index (κ3) is 4.69. The molecule has 4 aromatic rings. The number of sulfonamides is 1. The van der Waals surface area contributed by atoms with Crippen LogP contribution < -0.4 is 0 Å². The van der Waals surface area contributed by atoms with Gasteiger partial charge in [0.1, 0.15) is 5.82 Å². The molecule has 0 atom stereocenters. The number of benzene rings is 2. The van der Waals surface area contributed by atoms with E-state index in [9.17, 15) is 12.8 Å². The zero-order valence-electron chi connectivity index (χ0n) is 16.9. The number of thiazole rings is 1. The second-order valence-electron chi connectivity index (χ2n) is 6.97. The summed E-state index contributed by atoms with van der Waals surface area (Å²) in [6, 6.07) is 14.8. The molecule has 2 aromatic carbocycles. The average Bonchev–Trinajstić information content (AvgIpc) is 3.36. The second-order valence-corrected chi connectivity index (χ2v) is 9.75. The van der Waals surface area contributed by atoms with Crippen molar-refractivity contribution in [3.63, 3.8) is 0 Å². The fourth-order valence-corrected chi connectivity index (χ4v) is 5.63. The number of halogens is 1. The van der Waals surface area contributed by atoms with Crippen LogP contribution in [0.15, 0.2) is 71.1 Å². The van der Waals surface area contributed by atoms with Crippen molar-refractivity contribution in [1.82, 2.24) is 13.7 Å². The lowest BCUT2D eigenvalue weighted by Gasteiger charge is -2.21. The smallest absolute Gasteiger partial charge is 0.243 e. The molecular weight excluding hydrogens is 437 g/mol. The molecule has 0 aliphatic heterocycles. The van der Waals surface area contributed by atoms with Gasteiger partial charge in [0, 0.05) is 49.5 Å². The van der Waals surface area contributed by atoms with Crippen LogP contribution in [-0.2, 0) is 21.2 Å². The summed E-state index contributed by atoms with van der Waals surface area (Å²) in [7, 11) is -2.24. The average molecular weight is 460 g/mol. The molecule has 6 nitrogen and oxygen atoms in total. The van der Waals surface area contributed by atoms with Crippen molar-refractivity contribution in [3.8, 4) is 11.3 Å². The van der Waals surface area contributed by atoms with Gasteiger partial charge in [-0.15, -0.1) is 11.3 Å². The molecule has 0 spiro atoms. The predicted octanol–water partition coefficient (Wildman–Crippen LogP) is 4.08. The zero-order chi connectivity index (χ0) is 21.8. The van der Waals surface area contributed by atoms with Crippen molar-refractivity contribution in [3.05, 3.63) is 77.7 Å². The van der Waals surface area contributed by atoms with E-state index in [1.165, 1.54) is 34.9 Å². The highest BCUT2D eigenvalue weighted by atomic mass is 32.2. The van der Waals surface area contributed by atoms with Crippen molar-refractivity contribution in [1.29, 1.82) is 0 Å². The Morgan fingerprint density at radius 2 is 1.84 bits per heavy atom. The molecule has 162 valence electrons. The van der Waals surface area contributed by atoms with Gasteiger partial charge in [0.2, 0.25) is 10.0 Å². The van der Waals surface area contributed by atoms with Crippen LogP contribution >= 0.6 is 11.3 Å². The normalized spacial score (nSPS) is 12.1. The molecule has 2 aromatic heterocycles. The van der Waals surface area contributed by atoms with E-state index in [2.05, 4.69) is 4.98 Å². The fraction of sp³-hybridized carbons (Fsp3) is 0.227. The van der Waals surface area contributed by atoms with E-state index in [1.54, 1.807) is 0 Å². The Morgan fingerprint density at radius 1 is 1.10 bits per heavy atom. The van der Waals surface area contributed by atoms with Crippen molar-refractivity contribution >= 4 is 26.3 Å². The molecule has 31 heavy (non-hydrogen) atoms.